The summed E-state index contributed by atoms with van der Waals surface area (Å²) in [6.45, 7) is 1.91. The van der Waals surface area contributed by atoms with Crippen LogP contribution in [0.2, 0.25) is 0 Å². The molecule has 0 unspecified atom stereocenters. The van der Waals surface area contributed by atoms with Gasteiger partial charge in [-0.3, -0.25) is 4.79 Å². The molecule has 0 radical (unpaired) electrons. The Bertz CT molecular complexity index is 1160. The molecular formula is C23H23F3N4O3. The molecule has 33 heavy (non-hydrogen) atoms. The fourth-order valence-corrected chi connectivity index (χ4v) is 3.80. The highest BCUT2D eigenvalue weighted by molar-refractivity contribution is 6.03. The van der Waals surface area contributed by atoms with E-state index in [2.05, 4.69) is 15.7 Å². The smallest absolute Gasteiger partial charge is 0.410 e. The predicted molar refractivity (Wildman–Crippen MR) is 117 cm³/mol. The monoisotopic (exact) mass is 460 g/mol. The molecule has 0 aliphatic carbocycles. The molecule has 0 saturated carbocycles. The predicted octanol–water partition coefficient (Wildman–Crippen LogP) is 5.12. The molecule has 3 aromatic rings. The number of fused-ring (bicyclic) bond motifs is 1. The summed E-state index contributed by atoms with van der Waals surface area (Å²) in [5.74, 6) is 0.408. The first-order chi connectivity index (χ1) is 15.7. The molecule has 0 saturated heterocycles. The first-order valence-corrected chi connectivity index (χ1v) is 10.2. The summed E-state index contributed by atoms with van der Waals surface area (Å²) in [6, 6.07) is 10.8. The number of nitrogens with one attached hydrogen (secondary N) is 2. The van der Waals surface area contributed by atoms with E-state index in [0.29, 0.717) is 22.7 Å². The van der Waals surface area contributed by atoms with Crippen molar-refractivity contribution in [1.29, 1.82) is 0 Å². The molecule has 1 aromatic heterocycles. The van der Waals surface area contributed by atoms with Gasteiger partial charge in [-0.2, -0.15) is 18.3 Å². The number of hydrogen-bond donors (Lipinski definition) is 2. The number of hydrogen-bond acceptors (Lipinski definition) is 5. The number of amides is 1. The third-order valence-corrected chi connectivity index (χ3v) is 5.54. The number of ether oxygens (including phenoxy) is 2. The molecule has 0 spiro atoms. The van der Waals surface area contributed by atoms with Crippen LogP contribution in [-0.4, -0.2) is 36.1 Å². The lowest BCUT2D eigenvalue weighted by Gasteiger charge is -2.33. The third-order valence-electron chi connectivity index (χ3n) is 5.54. The van der Waals surface area contributed by atoms with Crippen LogP contribution in [0.15, 0.2) is 48.5 Å². The Morgan fingerprint density at radius 2 is 1.79 bits per heavy atom. The molecule has 4 rings (SSSR count). The molecule has 0 bridgehead atoms. The van der Waals surface area contributed by atoms with Gasteiger partial charge in [-0.25, -0.2) is 4.68 Å². The Morgan fingerprint density at radius 3 is 2.42 bits per heavy atom. The van der Waals surface area contributed by atoms with E-state index in [1.807, 2.05) is 19.1 Å². The van der Waals surface area contributed by atoms with Crippen LogP contribution in [0.4, 0.5) is 24.7 Å². The van der Waals surface area contributed by atoms with Gasteiger partial charge in [-0.05, 0) is 36.8 Å². The number of methoxy groups -OCH3 is 2. The number of alkyl halides is 3. The number of aryl methyl sites for hydroxylation is 1. The summed E-state index contributed by atoms with van der Waals surface area (Å²) in [5.41, 5.74) is 2.03. The van der Waals surface area contributed by atoms with Crippen molar-refractivity contribution in [2.45, 2.75) is 31.6 Å². The molecule has 2 N–H and O–H groups in total. The van der Waals surface area contributed by atoms with Crippen molar-refractivity contribution in [2.75, 3.05) is 24.9 Å². The Balaban J connectivity index is 1.64. The fraction of sp³-hybridized carbons (Fsp3) is 0.304. The highest BCUT2D eigenvalue weighted by Gasteiger charge is 2.47. The van der Waals surface area contributed by atoms with Crippen LogP contribution in [0.1, 0.15) is 40.1 Å². The molecule has 0 fully saturated rings. The van der Waals surface area contributed by atoms with Crippen molar-refractivity contribution in [2.24, 2.45) is 0 Å². The first-order valence-electron chi connectivity index (χ1n) is 10.2. The second-order valence-corrected chi connectivity index (χ2v) is 7.78. The van der Waals surface area contributed by atoms with E-state index in [9.17, 15) is 18.0 Å². The van der Waals surface area contributed by atoms with Gasteiger partial charge in [0.15, 0.2) is 23.2 Å². The van der Waals surface area contributed by atoms with E-state index >= 15 is 0 Å². The van der Waals surface area contributed by atoms with Gasteiger partial charge < -0.3 is 20.1 Å². The Labute approximate surface area is 188 Å². The van der Waals surface area contributed by atoms with E-state index in [1.165, 1.54) is 20.3 Å². The number of rotatable bonds is 5. The van der Waals surface area contributed by atoms with Crippen LogP contribution in [0.5, 0.6) is 11.5 Å². The SMILES string of the molecule is COc1ccc([C@@H]2C[C@@H](C(F)(F)F)n3nc(C(=O)Nc4ccc(C)cc4)cc3N2)cc1OC. The lowest BCUT2D eigenvalue weighted by molar-refractivity contribution is -0.173. The van der Waals surface area contributed by atoms with Crippen molar-refractivity contribution in [1.82, 2.24) is 9.78 Å². The maximum Gasteiger partial charge on any atom is 0.410 e. The van der Waals surface area contributed by atoms with Gasteiger partial charge >= 0.3 is 6.18 Å². The van der Waals surface area contributed by atoms with Gasteiger partial charge in [-0.15, -0.1) is 0 Å². The Hall–Kier alpha value is -3.69. The van der Waals surface area contributed by atoms with Gasteiger partial charge in [-0.1, -0.05) is 23.8 Å². The van der Waals surface area contributed by atoms with Crippen molar-refractivity contribution in [3.8, 4) is 11.5 Å². The normalized spacial score (nSPS) is 17.6. The summed E-state index contributed by atoms with van der Waals surface area (Å²) in [7, 11) is 2.94. The van der Waals surface area contributed by atoms with E-state index in [1.54, 1.807) is 30.3 Å². The molecule has 2 aromatic carbocycles. The topological polar surface area (TPSA) is 77.4 Å². The quantitative estimate of drug-likeness (QED) is 0.553. The molecule has 1 aliphatic rings. The molecule has 2 heterocycles. The zero-order chi connectivity index (χ0) is 23.8. The van der Waals surface area contributed by atoms with Crippen molar-refractivity contribution in [3.05, 3.63) is 65.4 Å². The maximum atomic E-state index is 13.9. The average Bonchev–Trinajstić information content (AvgIpc) is 3.23. The average molecular weight is 460 g/mol. The van der Waals surface area contributed by atoms with Crippen molar-refractivity contribution >= 4 is 17.4 Å². The van der Waals surface area contributed by atoms with Crippen LogP contribution in [0, 0.1) is 6.92 Å². The van der Waals surface area contributed by atoms with Crippen LogP contribution in [-0.2, 0) is 0 Å². The molecule has 1 aliphatic heterocycles. The highest BCUT2D eigenvalue weighted by Crippen LogP contribution is 2.44. The second kappa shape index (κ2) is 8.68. The number of carbonyl (C=O) groups is 1. The summed E-state index contributed by atoms with van der Waals surface area (Å²) in [5, 5.41) is 9.72. The molecule has 1 amide bonds. The van der Waals surface area contributed by atoms with Gasteiger partial charge in [0, 0.05) is 18.2 Å². The first kappa shape index (κ1) is 22.5. The van der Waals surface area contributed by atoms with E-state index in [4.69, 9.17) is 9.47 Å². The van der Waals surface area contributed by atoms with E-state index < -0.39 is 24.2 Å². The maximum absolute atomic E-state index is 13.9. The summed E-state index contributed by atoms with van der Waals surface area (Å²) in [4.78, 5) is 12.7. The van der Waals surface area contributed by atoms with Crippen molar-refractivity contribution < 1.29 is 27.4 Å². The Morgan fingerprint density at radius 1 is 1.09 bits per heavy atom. The van der Waals surface area contributed by atoms with Gasteiger partial charge in [0.2, 0.25) is 0 Å². The third kappa shape index (κ3) is 4.59. The zero-order valence-corrected chi connectivity index (χ0v) is 18.2. The number of anilines is 2. The summed E-state index contributed by atoms with van der Waals surface area (Å²) >= 11 is 0. The minimum Gasteiger partial charge on any atom is -0.493 e. The standard InChI is InChI=1S/C23H23F3N4O3/c1-13-4-7-15(8-5-13)27-22(31)17-12-21-28-16(11-20(23(24,25)26)30(21)29-17)14-6-9-18(32-2)19(10-14)33-3/h4-10,12,16,20,28H,11H2,1-3H3,(H,27,31)/t16-,20-/m0/s1. The number of carbonyl (C=O) groups excluding carboxylic acids is 1. The number of nitrogens with zero attached hydrogens (tertiary/aromatic N) is 2. The van der Waals surface area contributed by atoms with E-state index in [0.717, 1.165) is 10.2 Å². The lowest BCUT2D eigenvalue weighted by Crippen LogP contribution is -2.35. The number of aromatic nitrogens is 2. The van der Waals surface area contributed by atoms with Crippen LogP contribution < -0.4 is 20.1 Å². The zero-order valence-electron chi connectivity index (χ0n) is 18.2. The van der Waals surface area contributed by atoms with Crippen LogP contribution >= 0.6 is 0 Å². The summed E-state index contributed by atoms with van der Waals surface area (Å²) in [6.07, 6.45) is -4.85. The summed E-state index contributed by atoms with van der Waals surface area (Å²) < 4.78 is 53.1. The van der Waals surface area contributed by atoms with Crippen LogP contribution in [0.25, 0.3) is 0 Å². The fourth-order valence-electron chi connectivity index (χ4n) is 3.80. The van der Waals surface area contributed by atoms with Crippen molar-refractivity contribution in [3.63, 3.8) is 0 Å². The molecule has 174 valence electrons. The van der Waals surface area contributed by atoms with E-state index in [-0.39, 0.29) is 17.9 Å². The lowest BCUT2D eigenvalue weighted by atomic mass is 9.96. The highest BCUT2D eigenvalue weighted by atomic mass is 19.4. The molecule has 7 nitrogen and oxygen atoms in total. The second-order valence-electron chi connectivity index (χ2n) is 7.78. The number of benzene rings is 2. The molecule has 2 atom stereocenters. The molecule has 10 heteroatoms. The van der Waals surface area contributed by atoms with Gasteiger partial charge in [0.05, 0.1) is 20.3 Å². The number of halogens is 3. The molecular weight excluding hydrogens is 437 g/mol. The largest absolute Gasteiger partial charge is 0.493 e. The minimum absolute atomic E-state index is 0.109. The Kier molecular flexibility index (Phi) is 5.92. The van der Waals surface area contributed by atoms with Crippen LogP contribution in [0.3, 0.4) is 0 Å². The van der Waals surface area contributed by atoms with Gasteiger partial charge in [0.25, 0.3) is 5.91 Å². The minimum atomic E-state index is -4.55. The van der Waals surface area contributed by atoms with Gasteiger partial charge in [0.1, 0.15) is 5.82 Å².